The molecular weight excluding hydrogens is 234 g/mol. The second kappa shape index (κ2) is 6.55. The van der Waals surface area contributed by atoms with Gasteiger partial charge in [-0.1, -0.05) is 66.7 Å². The molecule has 0 atom stereocenters. The first-order chi connectivity index (χ1) is 9.31. The Balaban J connectivity index is 2.29. The summed E-state index contributed by atoms with van der Waals surface area (Å²) in [5.41, 5.74) is 2.15. The topological polar surface area (TPSA) is 29.1 Å². The predicted octanol–water partition coefficient (Wildman–Crippen LogP) is 3.47. The molecule has 19 heavy (non-hydrogen) atoms. The number of carbonyl (C=O) groups is 1. The Morgan fingerprint density at radius 3 is 1.89 bits per heavy atom. The van der Waals surface area contributed by atoms with Gasteiger partial charge in [0.1, 0.15) is 0 Å². The largest absolute Gasteiger partial charge is 0.345 e. The van der Waals surface area contributed by atoms with E-state index in [1.54, 1.807) is 6.08 Å². The Morgan fingerprint density at radius 2 is 1.47 bits per heavy atom. The lowest BCUT2D eigenvalue weighted by molar-refractivity contribution is -0.120. The average molecular weight is 251 g/mol. The van der Waals surface area contributed by atoms with Crippen molar-refractivity contribution in [2.24, 2.45) is 0 Å². The highest BCUT2D eigenvalue weighted by atomic mass is 16.1. The van der Waals surface area contributed by atoms with Crippen LogP contribution in [0.1, 0.15) is 23.6 Å². The summed E-state index contributed by atoms with van der Waals surface area (Å²) in [6, 6.07) is 19.8. The minimum atomic E-state index is -0.116. The van der Waals surface area contributed by atoms with Gasteiger partial charge < -0.3 is 5.32 Å². The van der Waals surface area contributed by atoms with Crippen molar-refractivity contribution in [2.75, 3.05) is 0 Å². The molecule has 2 rings (SSSR count). The van der Waals surface area contributed by atoms with Gasteiger partial charge >= 0.3 is 0 Å². The van der Waals surface area contributed by atoms with E-state index in [2.05, 4.69) is 11.9 Å². The molecule has 0 aromatic heterocycles. The first-order valence-electron chi connectivity index (χ1n) is 6.31. The van der Waals surface area contributed by atoms with Crippen LogP contribution in [-0.2, 0) is 4.79 Å². The van der Waals surface area contributed by atoms with Crippen molar-refractivity contribution < 1.29 is 4.79 Å². The van der Waals surface area contributed by atoms with Crippen molar-refractivity contribution in [3.8, 4) is 0 Å². The van der Waals surface area contributed by atoms with Crippen LogP contribution < -0.4 is 5.32 Å². The van der Waals surface area contributed by atoms with E-state index in [-0.39, 0.29) is 11.9 Å². The van der Waals surface area contributed by atoms with Crippen molar-refractivity contribution in [2.45, 2.75) is 12.5 Å². The van der Waals surface area contributed by atoms with Crippen molar-refractivity contribution in [1.29, 1.82) is 0 Å². The van der Waals surface area contributed by atoms with Gasteiger partial charge in [-0.05, 0) is 11.1 Å². The van der Waals surface area contributed by atoms with Crippen molar-refractivity contribution >= 4 is 5.91 Å². The third-order valence-electron chi connectivity index (χ3n) is 2.90. The summed E-state index contributed by atoms with van der Waals surface area (Å²) < 4.78 is 0. The molecule has 1 amide bonds. The zero-order valence-electron chi connectivity index (χ0n) is 10.8. The second-order valence-electron chi connectivity index (χ2n) is 4.31. The minimum Gasteiger partial charge on any atom is -0.345 e. The number of nitrogens with one attached hydrogen (secondary N) is 1. The Labute approximate surface area is 113 Å². The SMILES string of the molecule is C=CCC(=O)NC(c1ccccc1)c1ccccc1. The smallest absolute Gasteiger partial charge is 0.224 e. The predicted molar refractivity (Wildman–Crippen MR) is 77.7 cm³/mol. The van der Waals surface area contributed by atoms with E-state index in [0.717, 1.165) is 11.1 Å². The van der Waals surface area contributed by atoms with Gasteiger partial charge in [0.25, 0.3) is 0 Å². The molecule has 0 fully saturated rings. The first-order valence-corrected chi connectivity index (χ1v) is 6.31. The molecular formula is C17H17NO. The Hall–Kier alpha value is -2.35. The van der Waals surface area contributed by atoms with E-state index in [4.69, 9.17) is 0 Å². The monoisotopic (exact) mass is 251 g/mol. The first kappa shape index (κ1) is 13.1. The van der Waals surface area contributed by atoms with Gasteiger partial charge in [0.2, 0.25) is 5.91 Å². The summed E-state index contributed by atoms with van der Waals surface area (Å²) in [5.74, 6) is -0.0206. The van der Waals surface area contributed by atoms with E-state index in [1.165, 1.54) is 0 Å². The number of rotatable bonds is 5. The van der Waals surface area contributed by atoms with Crippen LogP contribution in [-0.4, -0.2) is 5.91 Å². The van der Waals surface area contributed by atoms with Crippen LogP contribution in [0.2, 0.25) is 0 Å². The summed E-state index contributed by atoms with van der Waals surface area (Å²) in [7, 11) is 0. The molecule has 0 aliphatic heterocycles. The summed E-state index contributed by atoms with van der Waals surface area (Å²) >= 11 is 0. The molecule has 0 bridgehead atoms. The molecule has 0 saturated heterocycles. The molecule has 2 aromatic rings. The van der Waals surface area contributed by atoms with Crippen molar-refractivity contribution in [3.05, 3.63) is 84.4 Å². The summed E-state index contributed by atoms with van der Waals surface area (Å²) in [6.07, 6.45) is 1.94. The molecule has 0 unspecified atom stereocenters. The van der Waals surface area contributed by atoms with Gasteiger partial charge in [-0.2, -0.15) is 0 Å². The molecule has 0 aliphatic rings. The van der Waals surface area contributed by atoms with Gasteiger partial charge in [-0.15, -0.1) is 6.58 Å². The van der Waals surface area contributed by atoms with Crippen LogP contribution in [0.3, 0.4) is 0 Å². The number of carbonyl (C=O) groups excluding carboxylic acids is 1. The minimum absolute atomic E-state index is 0.0206. The van der Waals surface area contributed by atoms with Crippen molar-refractivity contribution in [3.63, 3.8) is 0 Å². The maximum atomic E-state index is 11.8. The fourth-order valence-corrected chi connectivity index (χ4v) is 2.00. The highest BCUT2D eigenvalue weighted by molar-refractivity contribution is 5.78. The van der Waals surface area contributed by atoms with Crippen LogP contribution in [0.5, 0.6) is 0 Å². The Bertz CT molecular complexity index is 494. The van der Waals surface area contributed by atoms with Gasteiger partial charge in [-0.3, -0.25) is 4.79 Å². The number of hydrogen-bond donors (Lipinski definition) is 1. The third-order valence-corrected chi connectivity index (χ3v) is 2.90. The molecule has 2 nitrogen and oxygen atoms in total. The van der Waals surface area contributed by atoms with Crippen LogP contribution in [0.4, 0.5) is 0 Å². The van der Waals surface area contributed by atoms with E-state index < -0.39 is 0 Å². The van der Waals surface area contributed by atoms with Crippen LogP contribution in [0, 0.1) is 0 Å². The summed E-state index contributed by atoms with van der Waals surface area (Å²) in [4.78, 5) is 11.8. The zero-order chi connectivity index (χ0) is 13.5. The molecule has 2 heteroatoms. The lowest BCUT2D eigenvalue weighted by atomic mass is 9.98. The highest BCUT2D eigenvalue weighted by Crippen LogP contribution is 2.21. The number of benzene rings is 2. The maximum absolute atomic E-state index is 11.8. The molecule has 0 radical (unpaired) electrons. The van der Waals surface area contributed by atoms with E-state index in [9.17, 15) is 4.79 Å². The Kier molecular flexibility index (Phi) is 4.51. The molecule has 0 aliphatic carbocycles. The molecule has 2 aromatic carbocycles. The second-order valence-corrected chi connectivity index (χ2v) is 4.31. The fraction of sp³-hybridized carbons (Fsp3) is 0.118. The van der Waals surface area contributed by atoms with E-state index in [0.29, 0.717) is 6.42 Å². The third kappa shape index (κ3) is 3.55. The maximum Gasteiger partial charge on any atom is 0.224 e. The van der Waals surface area contributed by atoms with Crippen LogP contribution in [0.25, 0.3) is 0 Å². The zero-order valence-corrected chi connectivity index (χ0v) is 10.8. The lowest BCUT2D eigenvalue weighted by Crippen LogP contribution is -2.28. The average Bonchev–Trinajstić information content (AvgIpc) is 2.47. The molecule has 0 heterocycles. The van der Waals surface area contributed by atoms with Crippen molar-refractivity contribution in [1.82, 2.24) is 5.32 Å². The van der Waals surface area contributed by atoms with Gasteiger partial charge in [0.05, 0.1) is 6.04 Å². The van der Waals surface area contributed by atoms with E-state index >= 15 is 0 Å². The molecule has 0 spiro atoms. The molecule has 1 N–H and O–H groups in total. The highest BCUT2D eigenvalue weighted by Gasteiger charge is 2.15. The molecule has 96 valence electrons. The quantitative estimate of drug-likeness (QED) is 0.810. The van der Waals surface area contributed by atoms with Gasteiger partial charge in [0.15, 0.2) is 0 Å². The normalized spacial score (nSPS) is 10.2. The number of hydrogen-bond acceptors (Lipinski definition) is 1. The van der Waals surface area contributed by atoms with Crippen LogP contribution >= 0.6 is 0 Å². The fourth-order valence-electron chi connectivity index (χ4n) is 2.00. The number of amides is 1. The summed E-state index contributed by atoms with van der Waals surface area (Å²) in [6.45, 7) is 3.59. The van der Waals surface area contributed by atoms with Gasteiger partial charge in [0, 0.05) is 6.42 Å². The molecule has 0 saturated carbocycles. The standard InChI is InChI=1S/C17H17NO/c1-2-9-16(19)18-17(14-10-5-3-6-11-14)15-12-7-4-8-13-15/h2-8,10-13,17H,1,9H2,(H,18,19). The Morgan fingerprint density at radius 1 is 1.00 bits per heavy atom. The van der Waals surface area contributed by atoms with E-state index in [1.807, 2.05) is 60.7 Å². The van der Waals surface area contributed by atoms with Gasteiger partial charge in [-0.25, -0.2) is 0 Å². The lowest BCUT2D eigenvalue weighted by Gasteiger charge is -2.19. The summed E-state index contributed by atoms with van der Waals surface area (Å²) in [5, 5.41) is 3.04. The van der Waals surface area contributed by atoms with Crippen LogP contribution in [0.15, 0.2) is 73.3 Å².